The Balaban J connectivity index is 2.38. The second kappa shape index (κ2) is 5.75. The van der Waals surface area contributed by atoms with Gasteiger partial charge in [0.1, 0.15) is 0 Å². The van der Waals surface area contributed by atoms with E-state index in [1.54, 1.807) is 0 Å². The molecule has 14 heavy (non-hydrogen) atoms. The minimum Gasteiger partial charge on any atom is -0.327 e. The lowest BCUT2D eigenvalue weighted by Gasteiger charge is -2.36. The second-order valence-corrected chi connectivity index (χ2v) is 5.38. The van der Waals surface area contributed by atoms with Gasteiger partial charge in [-0.15, -0.1) is 0 Å². The van der Waals surface area contributed by atoms with Gasteiger partial charge in [-0.1, -0.05) is 33.6 Å². The van der Waals surface area contributed by atoms with Crippen molar-refractivity contribution in [3.8, 4) is 0 Å². The first kappa shape index (κ1) is 12.0. The van der Waals surface area contributed by atoms with E-state index in [4.69, 9.17) is 5.73 Å². The quantitative estimate of drug-likeness (QED) is 0.732. The molecule has 3 atom stereocenters. The second-order valence-electron chi connectivity index (χ2n) is 5.38. The summed E-state index contributed by atoms with van der Waals surface area (Å²) in [6.07, 6.45) is 8.05. The normalized spacial score (nSPS) is 33.6. The van der Waals surface area contributed by atoms with Crippen LogP contribution < -0.4 is 5.73 Å². The van der Waals surface area contributed by atoms with Crippen molar-refractivity contribution in [2.45, 2.75) is 65.3 Å². The van der Waals surface area contributed by atoms with Gasteiger partial charge < -0.3 is 5.73 Å². The summed E-state index contributed by atoms with van der Waals surface area (Å²) in [7, 11) is 0. The third-order valence-electron chi connectivity index (χ3n) is 3.95. The fraction of sp³-hybridized carbons (Fsp3) is 1.00. The third kappa shape index (κ3) is 3.27. The van der Waals surface area contributed by atoms with E-state index in [1.165, 1.54) is 38.5 Å². The smallest absolute Gasteiger partial charge is 0.00673 e. The van der Waals surface area contributed by atoms with E-state index in [9.17, 15) is 0 Å². The van der Waals surface area contributed by atoms with E-state index >= 15 is 0 Å². The van der Waals surface area contributed by atoms with Gasteiger partial charge in [-0.2, -0.15) is 0 Å². The summed E-state index contributed by atoms with van der Waals surface area (Å²) in [5.41, 5.74) is 6.18. The van der Waals surface area contributed by atoms with Gasteiger partial charge in [0, 0.05) is 6.04 Å². The maximum Gasteiger partial charge on any atom is 0.00673 e. The molecule has 1 aliphatic rings. The Bertz CT molecular complexity index is 153. The van der Waals surface area contributed by atoms with Crippen LogP contribution in [0.1, 0.15) is 59.3 Å². The first-order chi connectivity index (χ1) is 6.65. The topological polar surface area (TPSA) is 26.0 Å². The Morgan fingerprint density at radius 1 is 1.29 bits per heavy atom. The molecule has 0 radical (unpaired) electrons. The van der Waals surface area contributed by atoms with Gasteiger partial charge in [0.25, 0.3) is 0 Å². The van der Waals surface area contributed by atoms with Crippen LogP contribution in [0, 0.1) is 17.8 Å². The maximum absolute atomic E-state index is 6.18. The van der Waals surface area contributed by atoms with Crippen molar-refractivity contribution >= 4 is 0 Å². The van der Waals surface area contributed by atoms with E-state index in [0.717, 1.165) is 17.8 Å². The number of nitrogens with two attached hydrogens (primary N) is 1. The maximum atomic E-state index is 6.18. The van der Waals surface area contributed by atoms with Crippen molar-refractivity contribution in [3.05, 3.63) is 0 Å². The molecule has 1 aliphatic carbocycles. The minimum atomic E-state index is 0.497. The Hall–Kier alpha value is -0.0400. The highest BCUT2D eigenvalue weighted by atomic mass is 14.7. The summed E-state index contributed by atoms with van der Waals surface area (Å²) in [6.45, 7) is 6.99. The summed E-state index contributed by atoms with van der Waals surface area (Å²) < 4.78 is 0. The summed E-state index contributed by atoms with van der Waals surface area (Å²) >= 11 is 0. The van der Waals surface area contributed by atoms with Crippen molar-refractivity contribution in [2.75, 3.05) is 0 Å². The molecule has 0 aromatic heterocycles. The van der Waals surface area contributed by atoms with Crippen molar-refractivity contribution < 1.29 is 0 Å². The van der Waals surface area contributed by atoms with Crippen LogP contribution in [-0.2, 0) is 0 Å². The molecule has 0 saturated heterocycles. The Labute approximate surface area is 89.5 Å². The van der Waals surface area contributed by atoms with Gasteiger partial charge in [-0.05, 0) is 43.4 Å². The van der Waals surface area contributed by atoms with Gasteiger partial charge in [-0.3, -0.25) is 0 Å². The highest BCUT2D eigenvalue weighted by molar-refractivity contribution is 4.83. The average molecular weight is 197 g/mol. The first-order valence-corrected chi connectivity index (χ1v) is 6.40. The van der Waals surface area contributed by atoms with E-state index in [1.807, 2.05) is 0 Å². The molecule has 0 aromatic carbocycles. The molecule has 3 unspecified atom stereocenters. The van der Waals surface area contributed by atoms with Crippen LogP contribution in [0.25, 0.3) is 0 Å². The molecule has 0 aliphatic heterocycles. The molecule has 1 nitrogen and oxygen atoms in total. The molecular formula is C13H27N. The van der Waals surface area contributed by atoms with Crippen LogP contribution >= 0.6 is 0 Å². The van der Waals surface area contributed by atoms with E-state index < -0.39 is 0 Å². The zero-order valence-corrected chi connectivity index (χ0v) is 10.1. The summed E-state index contributed by atoms with van der Waals surface area (Å²) in [5.74, 6) is 2.61. The fourth-order valence-corrected chi connectivity index (χ4v) is 2.73. The lowest BCUT2D eigenvalue weighted by molar-refractivity contribution is 0.180. The zero-order valence-electron chi connectivity index (χ0n) is 10.1. The highest BCUT2D eigenvalue weighted by Crippen LogP contribution is 2.35. The standard InChI is InChI=1S/C13H27N/c1-4-5-6-12-9-11(10(2)3)7-8-13(12)14/h10-13H,4-9,14H2,1-3H3. The summed E-state index contributed by atoms with van der Waals surface area (Å²) in [4.78, 5) is 0. The average Bonchev–Trinajstić information content (AvgIpc) is 2.16. The van der Waals surface area contributed by atoms with Gasteiger partial charge in [0.15, 0.2) is 0 Å². The van der Waals surface area contributed by atoms with Crippen LogP contribution in [0.4, 0.5) is 0 Å². The molecule has 0 heterocycles. The number of rotatable bonds is 4. The summed E-state index contributed by atoms with van der Waals surface area (Å²) in [6, 6.07) is 0.497. The highest BCUT2D eigenvalue weighted by Gasteiger charge is 2.28. The molecule has 1 heteroatoms. The van der Waals surface area contributed by atoms with Gasteiger partial charge >= 0.3 is 0 Å². The lowest BCUT2D eigenvalue weighted by atomic mass is 9.72. The predicted octanol–water partition coefficient (Wildman–Crippen LogP) is 3.58. The van der Waals surface area contributed by atoms with Crippen LogP contribution in [0.15, 0.2) is 0 Å². The summed E-state index contributed by atoms with van der Waals surface area (Å²) in [5, 5.41) is 0. The van der Waals surface area contributed by atoms with Crippen LogP contribution in [0.3, 0.4) is 0 Å². The Morgan fingerprint density at radius 3 is 2.57 bits per heavy atom. The zero-order chi connectivity index (χ0) is 10.6. The number of hydrogen-bond acceptors (Lipinski definition) is 1. The molecule has 0 aromatic rings. The predicted molar refractivity (Wildman–Crippen MR) is 63.2 cm³/mol. The van der Waals surface area contributed by atoms with E-state index in [-0.39, 0.29) is 0 Å². The molecule has 1 saturated carbocycles. The van der Waals surface area contributed by atoms with E-state index in [2.05, 4.69) is 20.8 Å². The molecular weight excluding hydrogens is 170 g/mol. The molecule has 2 N–H and O–H groups in total. The SMILES string of the molecule is CCCCC1CC(C(C)C)CCC1N. The van der Waals surface area contributed by atoms with Crippen LogP contribution in [-0.4, -0.2) is 6.04 Å². The third-order valence-corrected chi connectivity index (χ3v) is 3.95. The molecule has 0 bridgehead atoms. The van der Waals surface area contributed by atoms with Crippen molar-refractivity contribution in [2.24, 2.45) is 23.5 Å². The molecule has 0 amide bonds. The van der Waals surface area contributed by atoms with Crippen LogP contribution in [0.5, 0.6) is 0 Å². The van der Waals surface area contributed by atoms with Crippen LogP contribution in [0.2, 0.25) is 0 Å². The minimum absolute atomic E-state index is 0.497. The van der Waals surface area contributed by atoms with Crippen molar-refractivity contribution in [3.63, 3.8) is 0 Å². The van der Waals surface area contributed by atoms with Gasteiger partial charge in [-0.25, -0.2) is 0 Å². The van der Waals surface area contributed by atoms with Gasteiger partial charge in [0.2, 0.25) is 0 Å². The Kier molecular flexibility index (Phi) is 4.94. The first-order valence-electron chi connectivity index (χ1n) is 6.40. The monoisotopic (exact) mass is 197 g/mol. The van der Waals surface area contributed by atoms with Gasteiger partial charge in [0.05, 0.1) is 0 Å². The van der Waals surface area contributed by atoms with Crippen molar-refractivity contribution in [1.29, 1.82) is 0 Å². The lowest BCUT2D eigenvalue weighted by Crippen LogP contribution is -2.37. The molecule has 0 spiro atoms. The van der Waals surface area contributed by atoms with E-state index in [0.29, 0.717) is 6.04 Å². The fourth-order valence-electron chi connectivity index (χ4n) is 2.73. The number of hydrogen-bond donors (Lipinski definition) is 1. The molecule has 84 valence electrons. The number of unbranched alkanes of at least 4 members (excludes halogenated alkanes) is 1. The molecule has 1 fully saturated rings. The largest absolute Gasteiger partial charge is 0.327 e. The molecule has 1 rings (SSSR count). The van der Waals surface area contributed by atoms with Crippen molar-refractivity contribution in [1.82, 2.24) is 0 Å². The Morgan fingerprint density at radius 2 is 2.00 bits per heavy atom.